The molecule has 0 bridgehead atoms. The summed E-state index contributed by atoms with van der Waals surface area (Å²) in [5, 5.41) is 19.4. The Labute approximate surface area is 181 Å². The number of amides is 1. The smallest absolute Gasteiger partial charge is 0.301 e. The number of ether oxygens (including phenoxy) is 1. The van der Waals surface area contributed by atoms with Gasteiger partial charge < -0.3 is 9.84 Å². The zero-order valence-corrected chi connectivity index (χ0v) is 17.7. The van der Waals surface area contributed by atoms with E-state index in [0.29, 0.717) is 26.3 Å². The number of methoxy groups -OCH3 is 1. The largest absolute Gasteiger partial charge is 0.507 e. The van der Waals surface area contributed by atoms with E-state index in [0.717, 1.165) is 0 Å². The summed E-state index contributed by atoms with van der Waals surface area (Å²) in [5.41, 5.74) is 1.11. The van der Waals surface area contributed by atoms with Crippen molar-refractivity contribution >= 4 is 45.7 Å². The number of aromatic nitrogens is 2. The highest BCUT2D eigenvalue weighted by Gasteiger charge is 2.48. The maximum atomic E-state index is 13.0. The molecule has 1 aliphatic heterocycles. The van der Waals surface area contributed by atoms with E-state index in [-0.39, 0.29) is 11.3 Å². The van der Waals surface area contributed by atoms with Crippen LogP contribution in [0.15, 0.2) is 64.5 Å². The highest BCUT2D eigenvalue weighted by Crippen LogP contribution is 2.43. The van der Waals surface area contributed by atoms with Gasteiger partial charge in [-0.1, -0.05) is 65.6 Å². The molecule has 2 aromatic carbocycles. The Hall–Kier alpha value is -3.17. The molecule has 4 rings (SSSR count). The minimum Gasteiger partial charge on any atom is -0.507 e. The maximum absolute atomic E-state index is 13.0. The van der Waals surface area contributed by atoms with E-state index in [9.17, 15) is 14.7 Å². The fraction of sp³-hybridized carbons (Fsp3) is 0.143. The standard InChI is InChI=1S/C21H17N3O4S2/c1-28-14-10-8-12(9-11-14)16-15(17(25)13-6-4-3-5-7-13)18(26)19(27)24(16)20-22-23-21(29-2)30-20/h3-11,16,25H,1-2H3/t16-/m0/s1. The predicted octanol–water partition coefficient (Wildman–Crippen LogP) is 3.89. The Bertz CT molecular complexity index is 1130. The summed E-state index contributed by atoms with van der Waals surface area (Å²) >= 11 is 2.62. The molecule has 1 aromatic heterocycles. The van der Waals surface area contributed by atoms with E-state index in [1.165, 1.54) is 28.0 Å². The van der Waals surface area contributed by atoms with Crippen LogP contribution in [-0.4, -0.2) is 40.4 Å². The van der Waals surface area contributed by atoms with Crippen molar-refractivity contribution in [2.45, 2.75) is 10.4 Å². The summed E-state index contributed by atoms with van der Waals surface area (Å²) in [5.74, 6) is -1.11. The molecular weight excluding hydrogens is 422 g/mol. The molecule has 3 aromatic rings. The van der Waals surface area contributed by atoms with Gasteiger partial charge in [-0.2, -0.15) is 0 Å². The molecular formula is C21H17N3O4S2. The fourth-order valence-corrected chi connectivity index (χ4v) is 4.55. The lowest BCUT2D eigenvalue weighted by Crippen LogP contribution is -2.29. The third kappa shape index (κ3) is 3.46. The predicted molar refractivity (Wildman–Crippen MR) is 116 cm³/mol. The highest BCUT2D eigenvalue weighted by atomic mass is 32.2. The number of aliphatic hydroxyl groups excluding tert-OH is 1. The van der Waals surface area contributed by atoms with Crippen LogP contribution in [0, 0.1) is 0 Å². The van der Waals surface area contributed by atoms with Gasteiger partial charge in [0.15, 0.2) is 4.34 Å². The first-order valence-electron chi connectivity index (χ1n) is 8.93. The molecule has 1 atom stereocenters. The summed E-state index contributed by atoms with van der Waals surface area (Å²) in [4.78, 5) is 27.3. The molecule has 1 N–H and O–H groups in total. The highest BCUT2D eigenvalue weighted by molar-refractivity contribution is 8.00. The topological polar surface area (TPSA) is 92.6 Å². The Kier molecular flexibility index (Phi) is 5.56. The Balaban J connectivity index is 1.91. The van der Waals surface area contributed by atoms with Crippen LogP contribution < -0.4 is 9.64 Å². The van der Waals surface area contributed by atoms with Crippen molar-refractivity contribution in [2.24, 2.45) is 0 Å². The molecule has 152 valence electrons. The van der Waals surface area contributed by atoms with E-state index in [1.54, 1.807) is 55.6 Å². The number of carbonyl (C=O) groups excluding carboxylic acids is 2. The van der Waals surface area contributed by atoms with E-state index < -0.39 is 17.7 Å². The van der Waals surface area contributed by atoms with E-state index >= 15 is 0 Å². The van der Waals surface area contributed by atoms with Gasteiger partial charge in [0.05, 0.1) is 18.7 Å². The first-order chi connectivity index (χ1) is 14.5. The van der Waals surface area contributed by atoms with Crippen LogP contribution in [0.1, 0.15) is 17.2 Å². The Morgan fingerprint density at radius 1 is 1.10 bits per heavy atom. The second-order valence-electron chi connectivity index (χ2n) is 6.36. The molecule has 0 radical (unpaired) electrons. The second kappa shape index (κ2) is 8.29. The molecule has 0 spiro atoms. The van der Waals surface area contributed by atoms with Gasteiger partial charge >= 0.3 is 5.91 Å². The van der Waals surface area contributed by atoms with Crippen LogP contribution in [0.5, 0.6) is 5.75 Å². The van der Waals surface area contributed by atoms with Crippen molar-refractivity contribution in [1.82, 2.24) is 10.2 Å². The average Bonchev–Trinajstić information content (AvgIpc) is 3.36. The molecule has 0 saturated carbocycles. The van der Waals surface area contributed by atoms with Crippen molar-refractivity contribution in [3.8, 4) is 5.75 Å². The number of rotatable bonds is 5. The van der Waals surface area contributed by atoms with Crippen LogP contribution in [0.2, 0.25) is 0 Å². The number of anilines is 1. The van der Waals surface area contributed by atoms with Gasteiger partial charge in [0.25, 0.3) is 5.78 Å². The first kappa shape index (κ1) is 20.1. The zero-order valence-electron chi connectivity index (χ0n) is 16.1. The molecule has 1 amide bonds. The van der Waals surface area contributed by atoms with Crippen LogP contribution in [0.3, 0.4) is 0 Å². The summed E-state index contributed by atoms with van der Waals surface area (Å²) in [6, 6.07) is 14.9. The quantitative estimate of drug-likeness (QED) is 0.212. The van der Waals surface area contributed by atoms with Crippen molar-refractivity contribution in [2.75, 3.05) is 18.3 Å². The zero-order chi connectivity index (χ0) is 21.3. The fourth-order valence-electron chi connectivity index (χ4n) is 3.27. The lowest BCUT2D eigenvalue weighted by Gasteiger charge is -2.22. The van der Waals surface area contributed by atoms with Crippen molar-refractivity contribution < 1.29 is 19.4 Å². The van der Waals surface area contributed by atoms with Crippen LogP contribution in [0.25, 0.3) is 5.76 Å². The molecule has 7 nitrogen and oxygen atoms in total. The number of Topliss-reactive ketones (excluding diaryl/α,β-unsaturated/α-hetero) is 1. The molecule has 9 heteroatoms. The summed E-state index contributed by atoms with van der Waals surface area (Å²) < 4.78 is 5.88. The Morgan fingerprint density at radius 3 is 2.40 bits per heavy atom. The van der Waals surface area contributed by atoms with Crippen molar-refractivity contribution in [3.63, 3.8) is 0 Å². The second-order valence-corrected chi connectivity index (χ2v) is 8.37. The number of carbonyl (C=O) groups is 2. The summed E-state index contributed by atoms with van der Waals surface area (Å²) in [7, 11) is 1.56. The minimum absolute atomic E-state index is 0.0114. The molecule has 1 aliphatic rings. The molecule has 1 fully saturated rings. The van der Waals surface area contributed by atoms with Gasteiger partial charge in [-0.15, -0.1) is 10.2 Å². The monoisotopic (exact) mass is 439 g/mol. The van der Waals surface area contributed by atoms with Gasteiger partial charge in [-0.05, 0) is 24.0 Å². The molecule has 0 unspecified atom stereocenters. The molecule has 1 saturated heterocycles. The molecule has 0 aliphatic carbocycles. The third-order valence-electron chi connectivity index (χ3n) is 4.70. The normalized spacial score (nSPS) is 18.1. The number of hydrogen-bond acceptors (Lipinski definition) is 8. The van der Waals surface area contributed by atoms with Gasteiger partial charge in [-0.25, -0.2) is 0 Å². The van der Waals surface area contributed by atoms with Gasteiger partial charge in [0, 0.05) is 5.56 Å². The van der Waals surface area contributed by atoms with E-state index in [2.05, 4.69) is 10.2 Å². The van der Waals surface area contributed by atoms with Crippen LogP contribution >= 0.6 is 23.1 Å². The van der Waals surface area contributed by atoms with Crippen molar-refractivity contribution in [1.29, 1.82) is 0 Å². The van der Waals surface area contributed by atoms with Gasteiger partial charge in [0.1, 0.15) is 11.5 Å². The van der Waals surface area contributed by atoms with E-state index in [1.807, 2.05) is 12.3 Å². The summed E-state index contributed by atoms with van der Waals surface area (Å²) in [6.45, 7) is 0. The first-order valence-corrected chi connectivity index (χ1v) is 11.0. The van der Waals surface area contributed by atoms with E-state index in [4.69, 9.17) is 4.74 Å². The number of benzene rings is 2. The van der Waals surface area contributed by atoms with Crippen LogP contribution in [0.4, 0.5) is 5.13 Å². The number of ketones is 1. The Morgan fingerprint density at radius 2 is 1.80 bits per heavy atom. The molecule has 2 heterocycles. The van der Waals surface area contributed by atoms with Gasteiger partial charge in [0.2, 0.25) is 5.13 Å². The van der Waals surface area contributed by atoms with Gasteiger partial charge in [-0.3, -0.25) is 14.5 Å². The third-order valence-corrected chi connectivity index (χ3v) is 6.60. The number of nitrogens with zero attached hydrogens (tertiary/aromatic N) is 3. The number of aliphatic hydroxyl groups is 1. The van der Waals surface area contributed by atoms with Crippen LogP contribution in [-0.2, 0) is 9.59 Å². The number of thioether (sulfide) groups is 1. The minimum atomic E-state index is -0.834. The summed E-state index contributed by atoms with van der Waals surface area (Å²) in [6.07, 6.45) is 1.86. The van der Waals surface area contributed by atoms with Crippen molar-refractivity contribution in [3.05, 3.63) is 71.3 Å². The lowest BCUT2D eigenvalue weighted by molar-refractivity contribution is -0.132. The maximum Gasteiger partial charge on any atom is 0.301 e. The average molecular weight is 440 g/mol. The number of hydrogen-bond donors (Lipinski definition) is 1. The lowest BCUT2D eigenvalue weighted by atomic mass is 9.95. The SMILES string of the molecule is COc1ccc([C@H]2C(=C(O)c3ccccc3)C(=O)C(=O)N2c2nnc(SC)s2)cc1. The molecule has 30 heavy (non-hydrogen) atoms.